The predicted molar refractivity (Wildman–Crippen MR) is 55.0 cm³/mol. The second kappa shape index (κ2) is 4.41. The Balaban J connectivity index is 3.32. The molecule has 1 aromatic rings. The summed E-state index contributed by atoms with van der Waals surface area (Å²) in [4.78, 5) is 14.1. The minimum atomic E-state index is -2.68. The summed E-state index contributed by atoms with van der Waals surface area (Å²) in [6.07, 6.45) is -2.35. The summed E-state index contributed by atoms with van der Waals surface area (Å²) in [5.74, 6) is 0. The van der Waals surface area contributed by atoms with Gasteiger partial charge in [0.25, 0.3) is 6.43 Å². The average molecular weight is 362 g/mol. The van der Waals surface area contributed by atoms with Crippen LogP contribution in [0.25, 0.3) is 0 Å². The molecule has 0 amide bonds. The van der Waals surface area contributed by atoms with Gasteiger partial charge in [0.2, 0.25) is 0 Å². The summed E-state index contributed by atoms with van der Waals surface area (Å²) in [7, 11) is 0. The van der Waals surface area contributed by atoms with Crippen LogP contribution in [-0.4, -0.2) is 11.3 Å². The number of carbonyl (C=O) groups is 1. The number of alkyl halides is 2. The lowest BCUT2D eigenvalue weighted by molar-refractivity contribution is 0.110. The van der Waals surface area contributed by atoms with Crippen molar-refractivity contribution in [1.29, 1.82) is 0 Å². The van der Waals surface area contributed by atoms with Crippen molar-refractivity contribution in [3.63, 3.8) is 0 Å². The van der Waals surface area contributed by atoms with Crippen LogP contribution in [0.15, 0.2) is 10.5 Å². The van der Waals surface area contributed by atoms with E-state index in [9.17, 15) is 13.6 Å². The van der Waals surface area contributed by atoms with E-state index in [0.29, 0.717) is 14.5 Å². The third-order valence-electron chi connectivity index (χ3n) is 1.34. The van der Waals surface area contributed by atoms with Crippen LogP contribution in [0.3, 0.4) is 0 Å². The molecule has 13 heavy (non-hydrogen) atoms. The van der Waals surface area contributed by atoms with Crippen molar-refractivity contribution in [1.82, 2.24) is 4.98 Å². The second-order valence-corrected chi connectivity index (χ2v) is 4.03. The fraction of sp³-hybridized carbons (Fsp3) is 0.143. The molecule has 0 saturated carbocycles. The molecule has 1 rings (SSSR count). The van der Waals surface area contributed by atoms with Crippen LogP contribution in [-0.2, 0) is 0 Å². The number of hydrogen-bond acceptors (Lipinski definition) is 2. The highest BCUT2D eigenvalue weighted by Crippen LogP contribution is 2.26. The van der Waals surface area contributed by atoms with Crippen LogP contribution in [0.2, 0.25) is 0 Å². The Morgan fingerprint density at radius 3 is 2.69 bits per heavy atom. The number of aldehydes is 1. The molecule has 0 aliphatic heterocycles. The molecule has 0 aliphatic rings. The zero-order chi connectivity index (χ0) is 10.0. The monoisotopic (exact) mass is 361 g/mol. The molecule has 2 nitrogen and oxygen atoms in total. The number of aromatic nitrogens is 1. The molecule has 0 atom stereocenters. The topological polar surface area (TPSA) is 30.0 Å². The van der Waals surface area contributed by atoms with Gasteiger partial charge in [-0.05, 0) is 44.6 Å². The van der Waals surface area contributed by atoms with Gasteiger partial charge in [-0.15, -0.1) is 0 Å². The van der Waals surface area contributed by atoms with Gasteiger partial charge in [0.05, 0.1) is 0 Å². The van der Waals surface area contributed by atoms with Crippen molar-refractivity contribution in [3.8, 4) is 0 Å². The molecule has 0 aromatic carbocycles. The van der Waals surface area contributed by atoms with E-state index in [-0.39, 0.29) is 11.3 Å². The standard InChI is InChI=1S/C7H3BrF2INO/c8-4-1-3(6(9)10)5(2-13)12-7(4)11/h1-2,6H. The smallest absolute Gasteiger partial charge is 0.266 e. The Bertz CT molecular complexity index is 346. The predicted octanol–water partition coefficient (Wildman–Crippen LogP) is 3.20. The van der Waals surface area contributed by atoms with Gasteiger partial charge in [-0.25, -0.2) is 13.8 Å². The average Bonchev–Trinajstić information content (AvgIpc) is 2.08. The van der Waals surface area contributed by atoms with Gasteiger partial charge in [0, 0.05) is 10.0 Å². The maximum Gasteiger partial charge on any atom is 0.266 e. The summed E-state index contributed by atoms with van der Waals surface area (Å²) < 4.78 is 25.6. The lowest BCUT2D eigenvalue weighted by Gasteiger charge is -2.04. The van der Waals surface area contributed by atoms with Crippen LogP contribution >= 0.6 is 38.5 Å². The van der Waals surface area contributed by atoms with Gasteiger partial charge >= 0.3 is 0 Å². The van der Waals surface area contributed by atoms with Crippen LogP contribution in [0.1, 0.15) is 22.5 Å². The molecule has 0 N–H and O–H groups in total. The minimum absolute atomic E-state index is 0.206. The van der Waals surface area contributed by atoms with Crippen molar-refractivity contribution in [3.05, 3.63) is 25.5 Å². The van der Waals surface area contributed by atoms with Crippen LogP contribution in [0.4, 0.5) is 8.78 Å². The maximum absolute atomic E-state index is 12.3. The van der Waals surface area contributed by atoms with Gasteiger partial charge in [-0.2, -0.15) is 0 Å². The summed E-state index contributed by atoms with van der Waals surface area (Å²) in [5.41, 5.74) is -0.551. The number of hydrogen-bond donors (Lipinski definition) is 0. The molecule has 70 valence electrons. The minimum Gasteiger partial charge on any atom is -0.296 e. The van der Waals surface area contributed by atoms with Gasteiger partial charge in [-0.1, -0.05) is 0 Å². The van der Waals surface area contributed by atoms with E-state index in [1.54, 1.807) is 0 Å². The Kier molecular flexibility index (Phi) is 3.72. The number of carbonyl (C=O) groups excluding carboxylic acids is 1. The molecule has 1 heterocycles. The molecule has 0 radical (unpaired) electrons. The molecule has 6 heteroatoms. The number of halogens is 4. The fourth-order valence-corrected chi connectivity index (χ4v) is 1.51. The van der Waals surface area contributed by atoms with Crippen molar-refractivity contribution in [2.45, 2.75) is 6.43 Å². The SMILES string of the molecule is O=Cc1nc(I)c(Br)cc1C(F)F. The highest BCUT2D eigenvalue weighted by molar-refractivity contribution is 14.1. The van der Waals surface area contributed by atoms with E-state index < -0.39 is 6.43 Å². The van der Waals surface area contributed by atoms with Gasteiger partial charge in [0.15, 0.2) is 6.29 Å². The van der Waals surface area contributed by atoms with Crippen molar-refractivity contribution in [2.75, 3.05) is 0 Å². The zero-order valence-electron chi connectivity index (χ0n) is 6.10. The van der Waals surface area contributed by atoms with E-state index in [4.69, 9.17) is 0 Å². The van der Waals surface area contributed by atoms with E-state index >= 15 is 0 Å². The van der Waals surface area contributed by atoms with Gasteiger partial charge in [-0.3, -0.25) is 4.79 Å². The first-order valence-electron chi connectivity index (χ1n) is 3.15. The number of nitrogens with zero attached hydrogens (tertiary/aromatic N) is 1. The highest BCUT2D eigenvalue weighted by atomic mass is 127. The van der Waals surface area contributed by atoms with E-state index in [0.717, 1.165) is 0 Å². The van der Waals surface area contributed by atoms with Crippen molar-refractivity contribution in [2.24, 2.45) is 0 Å². The van der Waals surface area contributed by atoms with Crippen LogP contribution < -0.4 is 0 Å². The number of rotatable bonds is 2. The van der Waals surface area contributed by atoms with E-state index in [2.05, 4.69) is 20.9 Å². The summed E-state index contributed by atoms with van der Waals surface area (Å²) in [6.45, 7) is 0. The summed E-state index contributed by atoms with van der Waals surface area (Å²) in [6, 6.07) is 1.21. The van der Waals surface area contributed by atoms with Gasteiger partial charge < -0.3 is 0 Å². The fourth-order valence-electron chi connectivity index (χ4n) is 0.763. The molecule has 1 aromatic heterocycles. The Labute approximate surface area is 95.0 Å². The lowest BCUT2D eigenvalue weighted by atomic mass is 10.2. The van der Waals surface area contributed by atoms with Gasteiger partial charge in [0.1, 0.15) is 9.39 Å². The third kappa shape index (κ3) is 2.43. The number of pyridine rings is 1. The quantitative estimate of drug-likeness (QED) is 0.460. The van der Waals surface area contributed by atoms with Crippen LogP contribution in [0, 0.1) is 3.70 Å². The van der Waals surface area contributed by atoms with Crippen molar-refractivity contribution < 1.29 is 13.6 Å². The molecule has 0 spiro atoms. The molecule has 0 saturated heterocycles. The maximum atomic E-state index is 12.3. The first-order valence-corrected chi connectivity index (χ1v) is 5.02. The Morgan fingerprint density at radius 1 is 1.62 bits per heavy atom. The largest absolute Gasteiger partial charge is 0.296 e. The first kappa shape index (κ1) is 11.0. The summed E-state index contributed by atoms with van der Waals surface area (Å²) in [5, 5.41) is 0. The summed E-state index contributed by atoms with van der Waals surface area (Å²) >= 11 is 4.91. The Morgan fingerprint density at radius 2 is 2.23 bits per heavy atom. The highest BCUT2D eigenvalue weighted by Gasteiger charge is 2.16. The van der Waals surface area contributed by atoms with Crippen molar-refractivity contribution >= 4 is 44.8 Å². The first-order chi connectivity index (χ1) is 6.06. The molecular formula is C7H3BrF2INO. The van der Waals surface area contributed by atoms with E-state index in [1.165, 1.54) is 6.07 Å². The lowest BCUT2D eigenvalue weighted by Crippen LogP contribution is -1.99. The Hall–Kier alpha value is -0.110. The molecular weight excluding hydrogens is 359 g/mol. The molecule has 0 aliphatic carbocycles. The molecule has 0 bridgehead atoms. The van der Waals surface area contributed by atoms with E-state index in [1.807, 2.05) is 22.6 Å². The third-order valence-corrected chi connectivity index (χ3v) is 3.51. The zero-order valence-corrected chi connectivity index (χ0v) is 9.84. The normalized spacial score (nSPS) is 10.5. The van der Waals surface area contributed by atoms with Crippen LogP contribution in [0.5, 0.6) is 0 Å². The molecule has 0 fully saturated rings. The molecule has 0 unspecified atom stereocenters. The second-order valence-electron chi connectivity index (χ2n) is 2.15.